The molecule has 0 saturated carbocycles. The van der Waals surface area contributed by atoms with Crippen LogP contribution < -0.4 is 5.73 Å². The van der Waals surface area contributed by atoms with Crippen LogP contribution >= 0.6 is 0 Å². The second kappa shape index (κ2) is 30.0. The molecule has 0 aliphatic carbocycles. The Morgan fingerprint density at radius 2 is 1.02 bits per heavy atom. The van der Waals surface area contributed by atoms with Crippen LogP contribution in [-0.4, -0.2) is 193 Å². The minimum Gasteiger partial charge on any atom is -0.465 e. The van der Waals surface area contributed by atoms with Gasteiger partial charge in [0.15, 0.2) is 37.0 Å². The zero-order chi connectivity index (χ0) is 60.6. The summed E-state index contributed by atoms with van der Waals surface area (Å²) in [6.07, 6.45) is -26.3. The molecule has 8 rings (SSSR count). The maximum absolute atomic E-state index is 14.5. The number of carbonyl (C=O) groups excluding carboxylic acids is 6. The summed E-state index contributed by atoms with van der Waals surface area (Å²) in [5, 5.41) is 55.0. The second-order valence-electron chi connectivity index (χ2n) is 20.0. The van der Waals surface area contributed by atoms with Crippen molar-refractivity contribution < 1.29 is 111 Å². The Kier molecular flexibility index (Phi) is 22.4. The largest absolute Gasteiger partial charge is 0.465 e. The van der Waals surface area contributed by atoms with Gasteiger partial charge in [0.25, 0.3) is 5.79 Å². The molecule has 454 valence electrons. The first kappa shape index (κ1) is 63.5. The van der Waals surface area contributed by atoms with Crippen molar-refractivity contribution in [1.82, 2.24) is 0 Å². The monoisotopic (exact) mass is 1180 g/mol. The lowest BCUT2D eigenvalue weighted by Crippen LogP contribution is -2.68. The lowest BCUT2D eigenvalue weighted by atomic mass is 9.89. The van der Waals surface area contributed by atoms with Crippen molar-refractivity contribution >= 4 is 35.8 Å². The van der Waals surface area contributed by atoms with Gasteiger partial charge in [0, 0.05) is 13.0 Å². The molecule has 0 bridgehead atoms. The van der Waals surface area contributed by atoms with Crippen molar-refractivity contribution in [1.29, 1.82) is 0 Å². The smallest absolute Gasteiger partial charge is 0.366 e. The van der Waals surface area contributed by atoms with Crippen LogP contribution in [0.15, 0.2) is 152 Å². The Hall–Kier alpha value is -7.56. The van der Waals surface area contributed by atoms with Crippen LogP contribution in [0.2, 0.25) is 0 Å². The number of nitrogens with two attached hydrogens (primary N) is 1. The third-order valence-corrected chi connectivity index (χ3v) is 14.2. The molecule has 24 heteroatoms. The molecule has 85 heavy (non-hydrogen) atoms. The fourth-order valence-electron chi connectivity index (χ4n) is 9.60. The zero-order valence-electron chi connectivity index (χ0n) is 46.2. The molecule has 3 saturated heterocycles. The van der Waals surface area contributed by atoms with E-state index in [4.69, 9.17) is 62.6 Å². The molecule has 3 fully saturated rings. The van der Waals surface area contributed by atoms with E-state index in [-0.39, 0.29) is 34.4 Å². The Balaban J connectivity index is 1.27. The van der Waals surface area contributed by atoms with E-state index in [1.165, 1.54) is 84.9 Å². The van der Waals surface area contributed by atoms with E-state index in [2.05, 4.69) is 0 Å². The molecule has 5 aromatic rings. The van der Waals surface area contributed by atoms with Gasteiger partial charge in [-0.15, -0.1) is 0 Å². The molecule has 0 aromatic heterocycles. The lowest BCUT2D eigenvalue weighted by Gasteiger charge is -2.49. The second-order valence-corrected chi connectivity index (χ2v) is 20.0. The molecule has 5 unspecified atom stereocenters. The summed E-state index contributed by atoms with van der Waals surface area (Å²) in [5.74, 6) is -9.01. The van der Waals surface area contributed by atoms with Crippen molar-refractivity contribution in [3.05, 3.63) is 179 Å². The van der Waals surface area contributed by atoms with E-state index in [9.17, 15) is 54.3 Å². The first-order valence-corrected chi connectivity index (χ1v) is 27.4. The Morgan fingerprint density at radius 3 is 1.48 bits per heavy atom. The summed E-state index contributed by atoms with van der Waals surface area (Å²) in [6.45, 7) is -0.852. The number of esters is 6. The van der Waals surface area contributed by atoms with Crippen LogP contribution in [0.1, 0.15) is 78.0 Å². The summed E-state index contributed by atoms with van der Waals surface area (Å²) in [4.78, 5) is 85.1. The fourth-order valence-corrected chi connectivity index (χ4v) is 9.60. The maximum atomic E-state index is 14.5. The molecular weight excluding hydrogens is 1110 g/mol. The molecule has 3 heterocycles. The van der Waals surface area contributed by atoms with Crippen molar-refractivity contribution in [3.63, 3.8) is 0 Å². The highest BCUT2D eigenvalue weighted by Crippen LogP contribution is 2.39. The number of hydrogen-bond donors (Lipinski definition) is 6. The van der Waals surface area contributed by atoms with E-state index >= 15 is 0 Å². The first-order valence-electron chi connectivity index (χ1n) is 27.4. The third kappa shape index (κ3) is 15.7. The van der Waals surface area contributed by atoms with E-state index < -0.39 is 160 Å². The third-order valence-electron chi connectivity index (χ3n) is 14.2. The molecule has 0 radical (unpaired) electrons. The van der Waals surface area contributed by atoms with E-state index in [1.54, 1.807) is 66.7 Å². The Morgan fingerprint density at radius 1 is 0.588 bits per heavy atom. The molecule has 0 amide bonds. The fraction of sp³-hybridized carbons (Fsp3) is 0.410. The highest BCUT2D eigenvalue weighted by Gasteiger charge is 2.59. The minimum absolute atomic E-state index is 0.000693. The van der Waals surface area contributed by atoms with Gasteiger partial charge in [-0.05, 0) is 67.1 Å². The van der Waals surface area contributed by atoms with Crippen LogP contribution in [0.5, 0.6) is 0 Å². The molecule has 7 N–H and O–H groups in total. The number of aliphatic hydroxyl groups is 5. The van der Waals surface area contributed by atoms with Gasteiger partial charge < -0.3 is 88.1 Å². The average Bonchev–Trinajstić information content (AvgIpc) is 2.10. The standard InChI is InChI=1S/C61H67NO23/c1-3-4-30-75-58-52(83-57(72)39-28-18-9-19-29-39)50(81-55(70)37-24-14-7-15-25-37)47(43(79-58)33-76-53(68)35-20-10-5-11-21-35)84-59-51(82-56(71)38-26-16-8-17-27-38)49(80-54(69)36-22-12-6-13-23-36)46(67)42(78-59)34-77-61(60(73)74-2)31-40(64)44(62)48(85-61)45(66)41(65)32-63/h5-29,40-52,58-59,63-67H,3-4,30-34,62H2,1-2H3/t40-,41-,42?,43?,44-,45-,46+,47-,48?,49?,50?,51+,52+,58-,59+,61-/m1/s1. The molecule has 0 spiro atoms. The predicted octanol–water partition coefficient (Wildman–Crippen LogP) is 2.84. The predicted molar refractivity (Wildman–Crippen MR) is 292 cm³/mol. The number of carbonyl (C=O) groups is 6. The molecular formula is C61H67NO23. The molecule has 24 nitrogen and oxygen atoms in total. The van der Waals surface area contributed by atoms with Gasteiger partial charge in [0.2, 0.25) is 0 Å². The summed E-state index contributed by atoms with van der Waals surface area (Å²) < 4.78 is 74.1. The van der Waals surface area contributed by atoms with Crippen LogP contribution in [0, 0.1) is 0 Å². The molecule has 3 aliphatic heterocycles. The summed E-state index contributed by atoms with van der Waals surface area (Å²) in [7, 11) is 0.941. The summed E-state index contributed by atoms with van der Waals surface area (Å²) >= 11 is 0. The van der Waals surface area contributed by atoms with Gasteiger partial charge >= 0.3 is 35.8 Å². The summed E-state index contributed by atoms with van der Waals surface area (Å²) in [6, 6.07) is 36.7. The van der Waals surface area contributed by atoms with Crippen LogP contribution in [0.25, 0.3) is 0 Å². The van der Waals surface area contributed by atoms with Crippen molar-refractivity contribution in [2.45, 2.75) is 124 Å². The summed E-state index contributed by atoms with van der Waals surface area (Å²) in [5.41, 5.74) is 6.27. The Bertz CT molecular complexity index is 2960. The maximum Gasteiger partial charge on any atom is 0.366 e. The molecule has 16 atom stereocenters. The number of benzene rings is 5. The van der Waals surface area contributed by atoms with E-state index in [0.29, 0.717) is 12.8 Å². The van der Waals surface area contributed by atoms with Gasteiger partial charge in [0.1, 0.15) is 49.3 Å². The highest BCUT2D eigenvalue weighted by molar-refractivity contribution is 5.92. The number of methoxy groups -OCH3 is 1. The van der Waals surface area contributed by atoms with Crippen LogP contribution in [0.3, 0.4) is 0 Å². The first-order chi connectivity index (χ1) is 41.1. The highest BCUT2D eigenvalue weighted by atomic mass is 16.8. The molecule has 3 aliphatic rings. The van der Waals surface area contributed by atoms with E-state index in [0.717, 1.165) is 7.11 Å². The number of aliphatic hydroxyl groups excluding tert-OH is 5. The number of rotatable bonds is 24. The van der Waals surface area contributed by atoms with Crippen LogP contribution in [-0.2, 0) is 61.6 Å². The van der Waals surface area contributed by atoms with Gasteiger partial charge in [-0.2, -0.15) is 0 Å². The zero-order valence-corrected chi connectivity index (χ0v) is 46.2. The number of ether oxygens (including phenoxy) is 12. The van der Waals surface area contributed by atoms with Crippen molar-refractivity contribution in [2.24, 2.45) is 5.73 Å². The van der Waals surface area contributed by atoms with Gasteiger partial charge in [0.05, 0.1) is 60.3 Å². The minimum atomic E-state index is -2.73. The topological polar surface area (TPSA) is 340 Å². The quantitative estimate of drug-likeness (QED) is 0.0294. The Labute approximate surface area is 488 Å². The van der Waals surface area contributed by atoms with Crippen molar-refractivity contribution in [3.8, 4) is 0 Å². The number of unbranched alkanes of at least 4 members (excludes halogenated alkanes) is 1. The van der Waals surface area contributed by atoms with Crippen molar-refractivity contribution in [2.75, 3.05) is 33.5 Å². The van der Waals surface area contributed by atoms with Crippen LogP contribution in [0.4, 0.5) is 0 Å². The van der Waals surface area contributed by atoms with E-state index in [1.807, 2.05) is 6.92 Å². The SMILES string of the molecule is CCCCO[C@@H]1OC(COC(=O)c2ccccc2)[C@@H](O[C@@H]2OC(CO[C@]3(C(=O)OC)C[C@@H](O)[C@@H](N)C([C@H](O)[C@H](O)CO)O3)[C@H](O)C(OC(=O)c3ccccc3)[C@@H]2OC(=O)c2ccccc2)C(OC(=O)c2ccccc2)[C@@H]1OC(=O)c1ccccc1. The normalized spacial score (nSPS) is 28.1. The number of hydrogen-bond acceptors (Lipinski definition) is 24. The lowest BCUT2D eigenvalue weighted by molar-refractivity contribution is -0.365. The van der Waals surface area contributed by atoms with Gasteiger partial charge in [-0.25, -0.2) is 28.8 Å². The molecule has 5 aromatic carbocycles. The average molecular weight is 1180 g/mol. The van der Waals surface area contributed by atoms with Gasteiger partial charge in [-0.3, -0.25) is 0 Å². The van der Waals surface area contributed by atoms with Gasteiger partial charge in [-0.1, -0.05) is 104 Å².